The number of methoxy groups -OCH3 is 2. The van der Waals surface area contributed by atoms with E-state index in [9.17, 15) is 8.42 Å². The highest BCUT2D eigenvalue weighted by atomic mass is 32.2. The van der Waals surface area contributed by atoms with Gasteiger partial charge in [0, 0.05) is 6.54 Å². The van der Waals surface area contributed by atoms with Crippen LogP contribution in [0.3, 0.4) is 0 Å². The molecule has 2 rings (SSSR count). The lowest BCUT2D eigenvalue weighted by Crippen LogP contribution is -2.24. The van der Waals surface area contributed by atoms with E-state index in [1.807, 2.05) is 13.0 Å². The summed E-state index contributed by atoms with van der Waals surface area (Å²) in [5, 5.41) is 9.06. The molecule has 0 atom stereocenters. The van der Waals surface area contributed by atoms with E-state index in [4.69, 9.17) is 14.7 Å². The minimum Gasteiger partial charge on any atom is -0.493 e. The highest BCUT2D eigenvalue weighted by Gasteiger charge is 2.18. The van der Waals surface area contributed by atoms with Gasteiger partial charge in [-0.3, -0.25) is 0 Å². The zero-order chi connectivity index (χ0) is 17.7. The van der Waals surface area contributed by atoms with Crippen LogP contribution in [0.4, 0.5) is 0 Å². The summed E-state index contributed by atoms with van der Waals surface area (Å²) >= 11 is 0. The lowest BCUT2D eigenvalue weighted by molar-refractivity contribution is 0.354. The number of hydrogen-bond acceptors (Lipinski definition) is 5. The van der Waals surface area contributed by atoms with Gasteiger partial charge in [0.2, 0.25) is 10.0 Å². The van der Waals surface area contributed by atoms with Crippen molar-refractivity contribution in [3.05, 3.63) is 53.1 Å². The zero-order valence-corrected chi connectivity index (χ0v) is 14.5. The first-order valence-electron chi connectivity index (χ1n) is 7.13. The number of aryl methyl sites for hydroxylation is 1. The molecule has 7 heteroatoms. The minimum atomic E-state index is -3.80. The first kappa shape index (κ1) is 17.8. The van der Waals surface area contributed by atoms with Crippen LogP contribution in [0.25, 0.3) is 0 Å². The lowest BCUT2D eigenvalue weighted by Gasteiger charge is -2.14. The van der Waals surface area contributed by atoms with Gasteiger partial charge in [-0.05, 0) is 42.3 Å². The van der Waals surface area contributed by atoms with Crippen molar-refractivity contribution < 1.29 is 17.9 Å². The van der Waals surface area contributed by atoms with Crippen LogP contribution in [0.1, 0.15) is 16.7 Å². The molecule has 0 saturated carbocycles. The Kier molecular flexibility index (Phi) is 5.44. The molecule has 0 aliphatic heterocycles. The van der Waals surface area contributed by atoms with E-state index in [0.29, 0.717) is 11.5 Å². The van der Waals surface area contributed by atoms with Crippen LogP contribution < -0.4 is 14.2 Å². The number of nitrogens with zero attached hydrogens (tertiary/aromatic N) is 1. The second-order valence-corrected chi connectivity index (χ2v) is 6.80. The van der Waals surface area contributed by atoms with Crippen LogP contribution in [-0.4, -0.2) is 22.6 Å². The molecule has 0 heterocycles. The Morgan fingerprint density at radius 2 is 1.75 bits per heavy atom. The molecule has 0 amide bonds. The lowest BCUT2D eigenvalue weighted by atomic mass is 10.1. The predicted molar refractivity (Wildman–Crippen MR) is 89.5 cm³/mol. The molecule has 126 valence electrons. The Bertz CT molecular complexity index is 886. The molecular formula is C17H18N2O4S. The Morgan fingerprint density at radius 3 is 2.38 bits per heavy atom. The van der Waals surface area contributed by atoms with Crippen molar-refractivity contribution in [2.75, 3.05) is 14.2 Å². The fraction of sp³-hybridized carbons (Fsp3) is 0.235. The number of rotatable bonds is 6. The zero-order valence-electron chi connectivity index (χ0n) is 13.7. The van der Waals surface area contributed by atoms with Crippen molar-refractivity contribution in [3.63, 3.8) is 0 Å². The van der Waals surface area contributed by atoms with Gasteiger partial charge < -0.3 is 9.47 Å². The van der Waals surface area contributed by atoms with Gasteiger partial charge in [-0.15, -0.1) is 0 Å². The first-order valence-corrected chi connectivity index (χ1v) is 8.61. The van der Waals surface area contributed by atoms with E-state index < -0.39 is 10.0 Å². The number of nitriles is 1. The van der Waals surface area contributed by atoms with Crippen LogP contribution in [-0.2, 0) is 16.6 Å². The summed E-state index contributed by atoms with van der Waals surface area (Å²) in [6.45, 7) is 1.93. The third-order valence-electron chi connectivity index (χ3n) is 3.59. The van der Waals surface area contributed by atoms with Gasteiger partial charge in [0.15, 0.2) is 11.5 Å². The van der Waals surface area contributed by atoms with Gasteiger partial charge >= 0.3 is 0 Å². The molecule has 0 aliphatic rings. The van der Waals surface area contributed by atoms with Crippen LogP contribution in [0.5, 0.6) is 11.5 Å². The number of benzene rings is 2. The fourth-order valence-corrected chi connectivity index (χ4v) is 3.42. The highest BCUT2D eigenvalue weighted by Crippen LogP contribution is 2.30. The summed E-state index contributed by atoms with van der Waals surface area (Å²) < 4.78 is 37.9. The second-order valence-electron chi connectivity index (χ2n) is 5.07. The monoisotopic (exact) mass is 346 g/mol. The van der Waals surface area contributed by atoms with E-state index in [0.717, 1.165) is 11.1 Å². The maximum atomic E-state index is 12.5. The number of hydrogen-bond donors (Lipinski definition) is 1. The normalized spacial score (nSPS) is 10.9. The molecule has 0 bridgehead atoms. The Hall–Kier alpha value is -2.56. The molecule has 6 nitrogen and oxygen atoms in total. The Balaban J connectivity index is 2.29. The molecule has 0 radical (unpaired) electrons. The van der Waals surface area contributed by atoms with Crippen molar-refractivity contribution in [1.82, 2.24) is 4.72 Å². The van der Waals surface area contributed by atoms with Crippen molar-refractivity contribution >= 4 is 10.0 Å². The van der Waals surface area contributed by atoms with Crippen molar-refractivity contribution in [1.29, 1.82) is 5.26 Å². The van der Waals surface area contributed by atoms with Crippen molar-refractivity contribution in [2.45, 2.75) is 18.4 Å². The van der Waals surface area contributed by atoms with Crippen molar-refractivity contribution in [2.24, 2.45) is 0 Å². The van der Waals surface area contributed by atoms with Gasteiger partial charge in [-0.25, -0.2) is 13.1 Å². The summed E-state index contributed by atoms with van der Waals surface area (Å²) in [5.74, 6) is 1.10. The number of sulfonamides is 1. The van der Waals surface area contributed by atoms with Crippen LogP contribution in [0.15, 0.2) is 41.3 Å². The van der Waals surface area contributed by atoms with Crippen LogP contribution in [0, 0.1) is 18.3 Å². The summed E-state index contributed by atoms with van der Waals surface area (Å²) in [6, 6.07) is 11.5. The van der Waals surface area contributed by atoms with E-state index in [1.54, 1.807) is 31.4 Å². The molecule has 0 unspecified atom stereocenters. The maximum absolute atomic E-state index is 12.5. The molecule has 1 N–H and O–H groups in total. The summed E-state index contributed by atoms with van der Waals surface area (Å²) in [6.07, 6.45) is 0. The number of ether oxygens (including phenoxy) is 2. The van der Waals surface area contributed by atoms with Crippen molar-refractivity contribution in [3.8, 4) is 17.6 Å². The van der Waals surface area contributed by atoms with E-state index in [1.165, 1.54) is 19.2 Å². The van der Waals surface area contributed by atoms with Gasteiger partial charge in [0.05, 0.1) is 24.7 Å². The predicted octanol–water partition coefficient (Wildman–Crippen LogP) is 2.36. The molecule has 0 saturated heterocycles. The topological polar surface area (TPSA) is 88.4 Å². The smallest absolute Gasteiger partial charge is 0.242 e. The highest BCUT2D eigenvalue weighted by molar-refractivity contribution is 7.89. The largest absolute Gasteiger partial charge is 0.493 e. The van der Waals surface area contributed by atoms with Gasteiger partial charge in [-0.2, -0.15) is 5.26 Å². The first-order chi connectivity index (χ1) is 11.4. The Morgan fingerprint density at radius 1 is 1.12 bits per heavy atom. The molecule has 2 aromatic rings. The molecule has 0 aromatic heterocycles. The quantitative estimate of drug-likeness (QED) is 0.867. The van der Waals surface area contributed by atoms with Crippen LogP contribution in [0.2, 0.25) is 0 Å². The fourth-order valence-electron chi connectivity index (χ4n) is 2.26. The molecule has 0 aliphatic carbocycles. The van der Waals surface area contributed by atoms with Gasteiger partial charge in [0.25, 0.3) is 0 Å². The van der Waals surface area contributed by atoms with Gasteiger partial charge in [-0.1, -0.05) is 12.1 Å². The van der Waals surface area contributed by atoms with E-state index in [2.05, 4.69) is 4.72 Å². The molecule has 24 heavy (non-hydrogen) atoms. The summed E-state index contributed by atoms with van der Waals surface area (Å²) in [4.78, 5) is -0.0365. The Labute approximate surface area is 141 Å². The minimum absolute atomic E-state index is 0.0365. The molecule has 2 aromatic carbocycles. The molecule has 0 spiro atoms. The summed E-state index contributed by atoms with van der Waals surface area (Å²) in [7, 11) is -0.739. The average Bonchev–Trinajstić information content (AvgIpc) is 2.60. The summed E-state index contributed by atoms with van der Waals surface area (Å²) in [5.41, 5.74) is 1.73. The average molecular weight is 346 g/mol. The SMILES string of the molecule is COc1cc(C)c(CNS(=O)(=O)c2ccccc2C#N)cc1OC. The van der Waals surface area contributed by atoms with E-state index in [-0.39, 0.29) is 17.0 Å². The molecule has 0 fully saturated rings. The maximum Gasteiger partial charge on any atom is 0.242 e. The molecular weight excluding hydrogens is 328 g/mol. The van der Waals surface area contributed by atoms with E-state index >= 15 is 0 Å². The third kappa shape index (κ3) is 3.67. The van der Waals surface area contributed by atoms with Crippen LogP contribution >= 0.6 is 0 Å². The third-order valence-corrected chi connectivity index (χ3v) is 5.05. The second kappa shape index (κ2) is 7.34. The standard InChI is InChI=1S/C17H18N2O4S/c1-12-8-15(22-2)16(23-3)9-14(12)11-19-24(20,21)17-7-5-4-6-13(17)10-18/h4-9,19H,11H2,1-3H3. The van der Waals surface area contributed by atoms with Gasteiger partial charge in [0.1, 0.15) is 6.07 Å². The number of nitrogens with one attached hydrogen (secondary N) is 1.